The highest BCUT2D eigenvalue weighted by molar-refractivity contribution is 6.60. The maximum absolute atomic E-state index is 13.0. The molecule has 0 heterocycles. The fourth-order valence-corrected chi connectivity index (χ4v) is 1.16. The minimum absolute atomic E-state index is 0.0750. The molecule has 0 spiro atoms. The summed E-state index contributed by atoms with van der Waals surface area (Å²) in [5.41, 5.74) is -4.00. The summed E-state index contributed by atoms with van der Waals surface area (Å²) in [6.45, 7) is 0. The van der Waals surface area contributed by atoms with E-state index in [-0.39, 0.29) is 12.1 Å². The van der Waals surface area contributed by atoms with E-state index in [1.807, 2.05) is 0 Å². The predicted molar refractivity (Wildman–Crippen MR) is 47.9 cm³/mol. The van der Waals surface area contributed by atoms with E-state index < -0.39 is 40.7 Å². The Labute approximate surface area is 91.6 Å². The molecule has 0 radical (unpaired) electrons. The molecule has 0 aliphatic rings. The number of rotatable bonds is 2. The van der Waals surface area contributed by atoms with Crippen molar-refractivity contribution in [3.05, 3.63) is 33.6 Å². The quantitative estimate of drug-likeness (QED) is 0.346. The van der Waals surface area contributed by atoms with E-state index in [9.17, 15) is 27.7 Å². The van der Waals surface area contributed by atoms with Gasteiger partial charge in [-0.15, -0.1) is 0 Å². The first-order valence-electron chi connectivity index (χ1n) is 4.05. The fourth-order valence-electron chi connectivity index (χ4n) is 1.16. The summed E-state index contributed by atoms with van der Waals surface area (Å²) in [5, 5.41) is 27.8. The average Bonchev–Trinajstić information content (AvgIpc) is 2.14. The molecule has 2 N–H and O–H groups in total. The smallest absolute Gasteiger partial charge is 0.423 e. The van der Waals surface area contributed by atoms with Crippen molar-refractivity contribution in [1.82, 2.24) is 0 Å². The van der Waals surface area contributed by atoms with Crippen LogP contribution in [0.5, 0.6) is 0 Å². The van der Waals surface area contributed by atoms with Gasteiger partial charge >= 0.3 is 13.3 Å². The second-order valence-electron chi connectivity index (χ2n) is 3.02. The monoisotopic (exact) mass is 253 g/mol. The molecule has 0 amide bonds. The molecule has 92 valence electrons. The van der Waals surface area contributed by atoms with Crippen molar-refractivity contribution in [2.24, 2.45) is 0 Å². The Morgan fingerprint density at radius 2 is 1.82 bits per heavy atom. The lowest BCUT2D eigenvalue weighted by atomic mass is 9.78. The van der Waals surface area contributed by atoms with Crippen LogP contribution in [0.15, 0.2) is 12.1 Å². The van der Waals surface area contributed by atoms with E-state index in [4.69, 9.17) is 10.0 Å². The summed E-state index contributed by atoms with van der Waals surface area (Å²) in [6.07, 6.45) is -5.10. The normalized spacial score (nSPS) is 11.4. The molecule has 5 nitrogen and oxygen atoms in total. The van der Waals surface area contributed by atoms with Crippen molar-refractivity contribution in [2.45, 2.75) is 6.18 Å². The van der Waals surface area contributed by atoms with Gasteiger partial charge in [-0.3, -0.25) is 10.1 Å². The third-order valence-electron chi connectivity index (χ3n) is 1.90. The van der Waals surface area contributed by atoms with Crippen LogP contribution < -0.4 is 5.46 Å². The molecule has 0 bridgehead atoms. The molecule has 0 aliphatic heterocycles. The molecule has 0 aliphatic carbocycles. The summed E-state index contributed by atoms with van der Waals surface area (Å²) in [5.74, 6) is -1.81. The van der Waals surface area contributed by atoms with Gasteiger partial charge < -0.3 is 10.0 Å². The van der Waals surface area contributed by atoms with Gasteiger partial charge in [-0.1, -0.05) is 0 Å². The molecule has 17 heavy (non-hydrogen) atoms. The van der Waals surface area contributed by atoms with Crippen LogP contribution in [0.2, 0.25) is 0 Å². The number of nitro groups is 1. The topological polar surface area (TPSA) is 83.6 Å². The first-order chi connectivity index (χ1) is 7.64. The zero-order valence-electron chi connectivity index (χ0n) is 7.90. The number of benzene rings is 1. The zero-order chi connectivity index (χ0) is 13.4. The van der Waals surface area contributed by atoms with Crippen LogP contribution in [0.3, 0.4) is 0 Å². The summed E-state index contributed by atoms with van der Waals surface area (Å²) in [7, 11) is -2.44. The van der Waals surface area contributed by atoms with Crippen molar-refractivity contribution in [3.8, 4) is 0 Å². The molecule has 10 heteroatoms. The van der Waals surface area contributed by atoms with Crippen LogP contribution in [-0.2, 0) is 6.18 Å². The number of hydrogen-bond donors (Lipinski definition) is 2. The van der Waals surface area contributed by atoms with E-state index in [0.717, 1.165) is 0 Å². The Morgan fingerprint density at radius 3 is 2.18 bits per heavy atom. The van der Waals surface area contributed by atoms with Gasteiger partial charge in [0.2, 0.25) is 0 Å². The van der Waals surface area contributed by atoms with Crippen LogP contribution in [0.25, 0.3) is 0 Å². The van der Waals surface area contributed by atoms with E-state index in [0.29, 0.717) is 0 Å². The molecular weight excluding hydrogens is 249 g/mol. The second kappa shape index (κ2) is 4.30. The molecule has 1 aromatic rings. The van der Waals surface area contributed by atoms with Gasteiger partial charge in [0.25, 0.3) is 5.69 Å². The van der Waals surface area contributed by atoms with E-state index in [2.05, 4.69) is 0 Å². The van der Waals surface area contributed by atoms with Crippen LogP contribution in [0, 0.1) is 15.9 Å². The van der Waals surface area contributed by atoms with Crippen molar-refractivity contribution in [2.75, 3.05) is 0 Å². The summed E-state index contributed by atoms with van der Waals surface area (Å²) in [4.78, 5) is 9.15. The highest BCUT2D eigenvalue weighted by Gasteiger charge is 2.38. The van der Waals surface area contributed by atoms with Gasteiger partial charge in [0.15, 0.2) is 0 Å². The molecule has 1 aromatic carbocycles. The maximum Gasteiger partial charge on any atom is 0.495 e. The molecule has 0 saturated carbocycles. The summed E-state index contributed by atoms with van der Waals surface area (Å²) >= 11 is 0. The fraction of sp³-hybridized carbons (Fsp3) is 0.143. The largest absolute Gasteiger partial charge is 0.495 e. The van der Waals surface area contributed by atoms with Crippen molar-refractivity contribution in [3.63, 3.8) is 0 Å². The Hall–Kier alpha value is -1.68. The highest BCUT2D eigenvalue weighted by Crippen LogP contribution is 2.32. The maximum atomic E-state index is 13.0. The van der Waals surface area contributed by atoms with Crippen molar-refractivity contribution < 1.29 is 32.5 Å². The van der Waals surface area contributed by atoms with E-state index >= 15 is 0 Å². The van der Waals surface area contributed by atoms with Gasteiger partial charge in [0.1, 0.15) is 5.82 Å². The minimum atomic E-state index is -5.10. The lowest BCUT2D eigenvalue weighted by Crippen LogP contribution is -2.33. The minimum Gasteiger partial charge on any atom is -0.423 e. The molecular formula is C7H4BF4NO4. The molecule has 0 saturated heterocycles. The van der Waals surface area contributed by atoms with Crippen LogP contribution in [0.1, 0.15) is 5.56 Å². The first-order valence-corrected chi connectivity index (χ1v) is 4.05. The predicted octanol–water partition coefficient (Wildman–Crippen LogP) is 0.433. The van der Waals surface area contributed by atoms with Gasteiger partial charge in [-0.25, -0.2) is 4.39 Å². The number of nitrogens with zero attached hydrogens (tertiary/aromatic N) is 1. The summed E-state index contributed by atoms with van der Waals surface area (Å²) < 4.78 is 49.7. The van der Waals surface area contributed by atoms with Gasteiger partial charge in [-0.05, 0) is 6.07 Å². The van der Waals surface area contributed by atoms with Crippen LogP contribution in [-0.4, -0.2) is 22.1 Å². The Balaban J connectivity index is 3.51. The number of hydrogen-bond acceptors (Lipinski definition) is 4. The van der Waals surface area contributed by atoms with E-state index in [1.165, 1.54) is 0 Å². The third-order valence-corrected chi connectivity index (χ3v) is 1.90. The Morgan fingerprint density at radius 1 is 1.29 bits per heavy atom. The highest BCUT2D eigenvalue weighted by atomic mass is 19.4. The molecule has 0 fully saturated rings. The van der Waals surface area contributed by atoms with Crippen molar-refractivity contribution in [1.29, 1.82) is 0 Å². The number of halogens is 4. The van der Waals surface area contributed by atoms with Gasteiger partial charge in [0, 0.05) is 6.07 Å². The number of alkyl halides is 3. The van der Waals surface area contributed by atoms with Crippen molar-refractivity contribution >= 4 is 18.3 Å². The van der Waals surface area contributed by atoms with Gasteiger partial charge in [0.05, 0.1) is 15.9 Å². The SMILES string of the molecule is O=[N+]([O-])c1cc(C(F)(F)F)c(F)cc1B(O)O. The standard InChI is InChI=1S/C7H4BF4NO4/c9-5-2-4(8(14)15)6(13(16)17)1-3(5)7(10,11)12/h1-2,14-15H. The lowest BCUT2D eigenvalue weighted by Gasteiger charge is -2.09. The van der Waals surface area contributed by atoms with Crippen LogP contribution in [0.4, 0.5) is 23.2 Å². The van der Waals surface area contributed by atoms with Gasteiger partial charge in [-0.2, -0.15) is 13.2 Å². The first kappa shape index (κ1) is 13.4. The molecule has 1 rings (SSSR count). The summed E-state index contributed by atoms with van der Waals surface area (Å²) in [6, 6.07) is -0.00424. The molecule has 0 unspecified atom stereocenters. The third kappa shape index (κ3) is 2.71. The second-order valence-corrected chi connectivity index (χ2v) is 3.02. The van der Waals surface area contributed by atoms with Crippen LogP contribution >= 0.6 is 0 Å². The Bertz CT molecular complexity index is 462. The number of nitro benzene ring substituents is 1. The molecule has 0 aromatic heterocycles. The molecule has 0 atom stereocenters. The average molecular weight is 253 g/mol. The zero-order valence-corrected chi connectivity index (χ0v) is 7.90. The lowest BCUT2D eigenvalue weighted by molar-refractivity contribution is -0.384. The van der Waals surface area contributed by atoms with E-state index in [1.54, 1.807) is 0 Å². The Kier molecular flexibility index (Phi) is 3.39.